The summed E-state index contributed by atoms with van der Waals surface area (Å²) in [6.45, 7) is 0. The molecule has 0 aliphatic rings. The van der Waals surface area contributed by atoms with Crippen molar-refractivity contribution < 1.29 is 0 Å². The molecule has 0 radical (unpaired) electrons. The van der Waals surface area contributed by atoms with Gasteiger partial charge in [0, 0.05) is 44.8 Å². The average molecular weight is 805 g/mol. The first-order valence-corrected chi connectivity index (χ1v) is 21.5. The molecule has 2 heterocycles. The highest BCUT2D eigenvalue weighted by Gasteiger charge is 2.19. The molecule has 0 N–H and O–H groups in total. The minimum Gasteiger partial charge on any atom is -0.311 e. The summed E-state index contributed by atoms with van der Waals surface area (Å²) in [5.41, 5.74) is 15.8. The second-order valence-corrected chi connectivity index (χ2v) is 16.1. The highest BCUT2D eigenvalue weighted by Crippen LogP contribution is 2.42. The van der Waals surface area contributed by atoms with Gasteiger partial charge >= 0.3 is 0 Å². The molecule has 0 amide bonds. The molecule has 0 fully saturated rings. The van der Waals surface area contributed by atoms with E-state index in [-0.39, 0.29) is 0 Å². The van der Waals surface area contributed by atoms with Crippen LogP contribution in [0.2, 0.25) is 0 Å². The lowest BCUT2D eigenvalue weighted by Gasteiger charge is -2.25. The van der Waals surface area contributed by atoms with E-state index in [4.69, 9.17) is 4.98 Å². The number of fused-ring (bicyclic) bond motifs is 1. The molecule has 0 saturated carbocycles. The molecule has 0 aliphatic heterocycles. The summed E-state index contributed by atoms with van der Waals surface area (Å²) in [5.74, 6) is 0.917. The minimum absolute atomic E-state index is 0.917. The van der Waals surface area contributed by atoms with Gasteiger partial charge in [-0.15, -0.1) is 0 Å². The summed E-state index contributed by atoms with van der Waals surface area (Å²) in [7, 11) is 0. The van der Waals surface area contributed by atoms with Crippen molar-refractivity contribution in [2.45, 2.75) is 0 Å². The zero-order chi connectivity index (χ0) is 41.7. The fourth-order valence-corrected chi connectivity index (χ4v) is 9.27. The summed E-state index contributed by atoms with van der Waals surface area (Å²) < 4.78 is 4.66. The topological polar surface area (TPSA) is 26.0 Å². The number of anilines is 3. The van der Waals surface area contributed by atoms with Crippen LogP contribution in [0.25, 0.3) is 89.7 Å². The monoisotopic (exact) mass is 804 g/mol. The highest BCUT2D eigenvalue weighted by molar-refractivity contribution is 6.25. The number of benzene rings is 10. The summed E-state index contributed by atoms with van der Waals surface area (Å²) >= 11 is 0. The minimum atomic E-state index is 0.917. The number of hydrogen-bond acceptors (Lipinski definition) is 2. The van der Waals surface area contributed by atoms with Crippen LogP contribution in [0.15, 0.2) is 231 Å². The first kappa shape index (κ1) is 36.4. The zero-order valence-corrected chi connectivity index (χ0v) is 34.4. The number of aromatic nitrogens is 3. The van der Waals surface area contributed by atoms with E-state index >= 15 is 0 Å². The van der Waals surface area contributed by atoms with E-state index in [1.165, 1.54) is 49.4 Å². The standard InChI is InChI=1S/C59H40N4/c1-4-14-48(15-5-1)61(52-37-33-45(34-38-52)59-60-53-20-10-11-21-54(53)63(59)50-18-8-3-9-19-50)51-35-27-42(28-36-51)24-23-41-25-29-43(30-26-41)47-39-46-32-31-44-13-12-22-55-57(44)58(46)56(40-47)62(55)49-16-6-2-7-17-49/h1-40H. The van der Waals surface area contributed by atoms with Crippen LogP contribution in [-0.2, 0) is 0 Å². The largest absolute Gasteiger partial charge is 0.311 e. The zero-order valence-electron chi connectivity index (χ0n) is 34.4. The van der Waals surface area contributed by atoms with Crippen molar-refractivity contribution in [1.82, 2.24) is 14.1 Å². The molecule has 0 bridgehead atoms. The summed E-state index contributed by atoms with van der Waals surface area (Å²) in [6, 6.07) is 82.3. The van der Waals surface area contributed by atoms with Crippen LogP contribution in [0.5, 0.6) is 0 Å². The third kappa shape index (κ3) is 6.44. The van der Waals surface area contributed by atoms with E-state index < -0.39 is 0 Å². The van der Waals surface area contributed by atoms with Gasteiger partial charge in [0.05, 0.1) is 22.1 Å². The molecule has 12 aromatic rings. The van der Waals surface area contributed by atoms with Gasteiger partial charge in [0.2, 0.25) is 0 Å². The predicted octanol–water partition coefficient (Wildman–Crippen LogP) is 15.7. The molecule has 296 valence electrons. The van der Waals surface area contributed by atoms with Gasteiger partial charge in [0.15, 0.2) is 0 Å². The fraction of sp³-hybridized carbons (Fsp3) is 0. The van der Waals surface area contributed by atoms with Crippen molar-refractivity contribution in [3.63, 3.8) is 0 Å². The molecule has 63 heavy (non-hydrogen) atoms. The number of hydrogen-bond donors (Lipinski definition) is 0. The van der Waals surface area contributed by atoms with E-state index in [0.717, 1.165) is 56.3 Å². The van der Waals surface area contributed by atoms with Crippen molar-refractivity contribution in [2.75, 3.05) is 4.90 Å². The van der Waals surface area contributed by atoms with Gasteiger partial charge < -0.3 is 9.47 Å². The second-order valence-electron chi connectivity index (χ2n) is 16.1. The Morgan fingerprint density at radius 2 is 0.873 bits per heavy atom. The first-order chi connectivity index (χ1) is 31.2. The quantitative estimate of drug-likeness (QED) is 0.107. The first-order valence-electron chi connectivity index (χ1n) is 21.5. The Kier molecular flexibility index (Phi) is 8.79. The third-order valence-electron chi connectivity index (χ3n) is 12.2. The second kappa shape index (κ2) is 15.2. The van der Waals surface area contributed by atoms with E-state index in [2.05, 4.69) is 245 Å². The van der Waals surface area contributed by atoms with Crippen LogP contribution >= 0.6 is 0 Å². The molecule has 0 atom stereocenters. The summed E-state index contributed by atoms with van der Waals surface area (Å²) in [4.78, 5) is 7.40. The highest BCUT2D eigenvalue weighted by atomic mass is 15.1. The lowest BCUT2D eigenvalue weighted by Crippen LogP contribution is -2.09. The van der Waals surface area contributed by atoms with Crippen LogP contribution in [0.1, 0.15) is 11.1 Å². The van der Waals surface area contributed by atoms with Gasteiger partial charge in [-0.1, -0.05) is 140 Å². The number of imidazole rings is 1. The van der Waals surface area contributed by atoms with Gasteiger partial charge in [-0.3, -0.25) is 4.57 Å². The molecule has 12 rings (SSSR count). The van der Waals surface area contributed by atoms with Crippen LogP contribution in [-0.4, -0.2) is 14.1 Å². The Morgan fingerprint density at radius 3 is 1.57 bits per heavy atom. The van der Waals surface area contributed by atoms with Crippen LogP contribution in [0.4, 0.5) is 17.1 Å². The van der Waals surface area contributed by atoms with Gasteiger partial charge in [0.25, 0.3) is 0 Å². The predicted molar refractivity (Wildman–Crippen MR) is 265 cm³/mol. The molecular weight excluding hydrogens is 765 g/mol. The Bertz CT molecular complexity index is 3570. The van der Waals surface area contributed by atoms with Gasteiger partial charge in [0.1, 0.15) is 5.82 Å². The molecule has 0 spiro atoms. The molecule has 2 aromatic heterocycles. The maximum atomic E-state index is 5.09. The third-order valence-corrected chi connectivity index (χ3v) is 12.2. The van der Waals surface area contributed by atoms with Gasteiger partial charge in [-0.2, -0.15) is 0 Å². The van der Waals surface area contributed by atoms with Crippen molar-refractivity contribution in [1.29, 1.82) is 0 Å². The van der Waals surface area contributed by atoms with E-state index in [9.17, 15) is 0 Å². The summed E-state index contributed by atoms with van der Waals surface area (Å²) in [5, 5.41) is 5.18. The van der Waals surface area contributed by atoms with Crippen molar-refractivity contribution in [3.05, 3.63) is 242 Å². The van der Waals surface area contributed by atoms with Gasteiger partial charge in [-0.05, 0) is 136 Å². The fourth-order valence-electron chi connectivity index (χ4n) is 9.27. The average Bonchev–Trinajstić information content (AvgIpc) is 3.91. The van der Waals surface area contributed by atoms with Gasteiger partial charge in [-0.25, -0.2) is 4.98 Å². The molecule has 10 aromatic carbocycles. The molecule has 0 saturated heterocycles. The Balaban J connectivity index is 0.824. The SMILES string of the molecule is C(=Cc1ccc(N(c2ccccc2)c2ccc(-c3nc4ccccc4n3-c3ccccc3)cc2)cc1)c1ccc(-c2cc3ccc4cccc5c4c3c(c2)n5-c2ccccc2)cc1. The van der Waals surface area contributed by atoms with Crippen molar-refractivity contribution in [3.8, 4) is 33.9 Å². The summed E-state index contributed by atoms with van der Waals surface area (Å²) in [6.07, 6.45) is 4.38. The van der Waals surface area contributed by atoms with Crippen LogP contribution in [0.3, 0.4) is 0 Å². The Morgan fingerprint density at radius 1 is 0.349 bits per heavy atom. The molecule has 0 aliphatic carbocycles. The van der Waals surface area contributed by atoms with E-state index in [0.29, 0.717) is 0 Å². The number of nitrogens with zero attached hydrogens (tertiary/aromatic N) is 4. The van der Waals surface area contributed by atoms with E-state index in [1.807, 2.05) is 12.1 Å². The van der Waals surface area contributed by atoms with Crippen molar-refractivity contribution in [2.24, 2.45) is 0 Å². The lowest BCUT2D eigenvalue weighted by molar-refractivity contribution is 1.10. The van der Waals surface area contributed by atoms with Crippen molar-refractivity contribution >= 4 is 72.8 Å². The normalized spacial score (nSPS) is 11.7. The molecular formula is C59H40N4. The Hall–Kier alpha value is -8.47. The van der Waals surface area contributed by atoms with E-state index in [1.54, 1.807) is 0 Å². The number of rotatable bonds is 9. The lowest BCUT2D eigenvalue weighted by atomic mass is 9.97. The Labute approximate surface area is 365 Å². The molecule has 0 unspecified atom stereocenters. The maximum Gasteiger partial charge on any atom is 0.145 e. The molecule has 4 nitrogen and oxygen atoms in total. The number of para-hydroxylation sites is 5. The van der Waals surface area contributed by atoms with Crippen LogP contribution in [0, 0.1) is 0 Å². The van der Waals surface area contributed by atoms with Crippen LogP contribution < -0.4 is 4.90 Å². The smallest absolute Gasteiger partial charge is 0.145 e. The molecule has 4 heteroatoms. The maximum absolute atomic E-state index is 5.09.